The van der Waals surface area contributed by atoms with E-state index in [0.29, 0.717) is 35.4 Å². The van der Waals surface area contributed by atoms with Gasteiger partial charge < -0.3 is 23.8 Å². The average molecular weight is 562 g/mol. The summed E-state index contributed by atoms with van der Waals surface area (Å²) < 4.78 is 22.9. The van der Waals surface area contributed by atoms with Crippen molar-refractivity contribution in [2.24, 2.45) is 5.10 Å². The van der Waals surface area contributed by atoms with E-state index in [-0.39, 0.29) is 18.7 Å². The van der Waals surface area contributed by atoms with E-state index in [2.05, 4.69) is 20.8 Å². The van der Waals surface area contributed by atoms with Gasteiger partial charge in [-0.1, -0.05) is 28.1 Å². The van der Waals surface area contributed by atoms with Gasteiger partial charge in [0.25, 0.3) is 0 Å². The minimum atomic E-state index is -0.289. The van der Waals surface area contributed by atoms with Crippen molar-refractivity contribution in [3.8, 4) is 23.0 Å². The zero-order valence-electron chi connectivity index (χ0n) is 20.3. The van der Waals surface area contributed by atoms with Gasteiger partial charge in [-0.15, -0.1) is 5.10 Å². The molecule has 0 saturated carbocycles. The summed E-state index contributed by atoms with van der Waals surface area (Å²) in [6.07, 6.45) is 3.79. The van der Waals surface area contributed by atoms with Crippen molar-refractivity contribution in [1.29, 1.82) is 0 Å². The second kappa shape index (κ2) is 9.48. The summed E-state index contributed by atoms with van der Waals surface area (Å²) in [5.74, 6) is 2.92. The lowest BCUT2D eigenvalue weighted by atomic mass is 9.95. The zero-order chi connectivity index (χ0) is 25.5. The number of hydrogen-bond acceptors (Lipinski definition) is 8. The van der Waals surface area contributed by atoms with E-state index in [0.717, 1.165) is 33.3 Å². The zero-order valence-corrected chi connectivity index (χ0v) is 21.9. The first kappa shape index (κ1) is 23.4. The van der Waals surface area contributed by atoms with E-state index in [4.69, 9.17) is 24.0 Å². The number of benzene rings is 3. The normalized spacial score (nSPS) is 17.5. The van der Waals surface area contributed by atoms with Crippen LogP contribution in [0.15, 0.2) is 70.2 Å². The van der Waals surface area contributed by atoms with Crippen molar-refractivity contribution < 1.29 is 23.7 Å². The van der Waals surface area contributed by atoms with Gasteiger partial charge in [-0.25, -0.2) is 5.01 Å². The molecule has 1 unspecified atom stereocenters. The first-order chi connectivity index (χ1) is 18.1. The van der Waals surface area contributed by atoms with Crippen molar-refractivity contribution in [3.63, 3.8) is 0 Å². The highest BCUT2D eigenvalue weighted by atomic mass is 79.9. The Morgan fingerprint density at radius 1 is 1.03 bits per heavy atom. The van der Waals surface area contributed by atoms with E-state index in [1.54, 1.807) is 26.4 Å². The second-order valence-electron chi connectivity index (χ2n) is 8.78. The van der Waals surface area contributed by atoms with Gasteiger partial charge in [0.1, 0.15) is 0 Å². The summed E-state index contributed by atoms with van der Waals surface area (Å²) in [5, 5.41) is 6.74. The highest BCUT2D eigenvalue weighted by Crippen LogP contribution is 2.44. The number of hydrazone groups is 1. The fourth-order valence-corrected chi connectivity index (χ4v) is 5.14. The number of fused-ring (bicyclic) bond motifs is 4. The quantitative estimate of drug-likeness (QED) is 0.384. The van der Waals surface area contributed by atoms with E-state index >= 15 is 0 Å². The number of amidine groups is 1. The molecule has 0 spiro atoms. The van der Waals surface area contributed by atoms with Gasteiger partial charge in [-0.2, -0.15) is 0 Å². The number of halogens is 1. The first-order valence-electron chi connectivity index (χ1n) is 11.8. The van der Waals surface area contributed by atoms with Gasteiger partial charge in [0.2, 0.25) is 12.6 Å². The predicted molar refractivity (Wildman–Crippen MR) is 143 cm³/mol. The molecular weight excluding hydrogens is 538 g/mol. The highest BCUT2D eigenvalue weighted by molar-refractivity contribution is 9.10. The SMILES string of the molecule is COc1cc2c(cc1OC)C1N(CC2)C(C(=O)/C=C/c2ccc3c(c2)OCO3)=NN1c1ccc(Br)cc1. The molecule has 0 bridgehead atoms. The fraction of sp³-hybridized carbons (Fsp3) is 0.214. The Hall–Kier alpha value is -3.98. The van der Waals surface area contributed by atoms with Crippen LogP contribution in [0.3, 0.4) is 0 Å². The molecule has 1 atom stereocenters. The lowest BCUT2D eigenvalue weighted by Crippen LogP contribution is -2.42. The van der Waals surface area contributed by atoms with Crippen molar-refractivity contribution in [1.82, 2.24) is 4.90 Å². The Labute approximate surface area is 222 Å². The molecule has 0 aromatic heterocycles. The third-order valence-electron chi connectivity index (χ3n) is 6.68. The topological polar surface area (TPSA) is 72.8 Å². The summed E-state index contributed by atoms with van der Waals surface area (Å²) in [7, 11) is 3.26. The summed E-state index contributed by atoms with van der Waals surface area (Å²) in [6.45, 7) is 0.848. The molecule has 3 aliphatic rings. The Bertz CT molecular complexity index is 1440. The van der Waals surface area contributed by atoms with Gasteiger partial charge in [0.05, 0.1) is 19.9 Å². The van der Waals surface area contributed by atoms with Crippen LogP contribution in [0.5, 0.6) is 23.0 Å². The van der Waals surface area contributed by atoms with Crippen LogP contribution in [0, 0.1) is 0 Å². The molecule has 0 fully saturated rings. The van der Waals surface area contributed by atoms with Crippen LogP contribution in [0.25, 0.3) is 6.08 Å². The van der Waals surface area contributed by atoms with Gasteiger partial charge >= 0.3 is 0 Å². The molecule has 37 heavy (non-hydrogen) atoms. The van der Waals surface area contributed by atoms with Crippen LogP contribution in [-0.4, -0.2) is 44.1 Å². The number of hydrogen-bond donors (Lipinski definition) is 0. The lowest BCUT2D eigenvalue weighted by Gasteiger charge is -2.37. The van der Waals surface area contributed by atoms with Crippen LogP contribution in [-0.2, 0) is 11.2 Å². The standard InChI is InChI=1S/C28H24BrN3O5/c1-34-24-14-18-11-12-31-27(22(33)9-3-17-4-10-23-26(13-17)37-16-36-23)30-32(20-7-5-19(29)6-8-20)28(31)21(18)15-25(24)35-2/h3-10,13-15,28H,11-12,16H2,1-2H3/b9-3+. The third kappa shape index (κ3) is 4.19. The highest BCUT2D eigenvalue weighted by Gasteiger charge is 2.42. The van der Waals surface area contributed by atoms with Gasteiger partial charge in [-0.3, -0.25) is 4.79 Å². The Morgan fingerprint density at radius 2 is 1.78 bits per heavy atom. The lowest BCUT2D eigenvalue weighted by molar-refractivity contribution is -0.109. The van der Waals surface area contributed by atoms with Crippen LogP contribution >= 0.6 is 15.9 Å². The Balaban J connectivity index is 1.37. The molecule has 0 saturated heterocycles. The molecule has 0 amide bonds. The summed E-state index contributed by atoms with van der Waals surface area (Å²) in [5.41, 5.74) is 3.89. The van der Waals surface area contributed by atoms with E-state index in [1.165, 1.54) is 0 Å². The third-order valence-corrected chi connectivity index (χ3v) is 7.21. The van der Waals surface area contributed by atoms with Gasteiger partial charge in [0.15, 0.2) is 35.0 Å². The summed E-state index contributed by atoms with van der Waals surface area (Å²) in [4.78, 5) is 15.5. The first-order valence-corrected chi connectivity index (χ1v) is 12.6. The predicted octanol–water partition coefficient (Wildman–Crippen LogP) is 5.17. The molecule has 188 valence electrons. The van der Waals surface area contributed by atoms with Crippen molar-refractivity contribution in [3.05, 3.63) is 81.8 Å². The van der Waals surface area contributed by atoms with Crippen LogP contribution in [0.1, 0.15) is 22.9 Å². The molecule has 0 aliphatic carbocycles. The molecule has 3 aromatic rings. The number of methoxy groups -OCH3 is 2. The maximum atomic E-state index is 13.5. The summed E-state index contributed by atoms with van der Waals surface area (Å²) >= 11 is 3.50. The monoisotopic (exact) mass is 561 g/mol. The molecule has 0 N–H and O–H groups in total. The van der Waals surface area contributed by atoms with E-state index in [9.17, 15) is 4.79 Å². The smallest absolute Gasteiger partial charge is 0.231 e. The van der Waals surface area contributed by atoms with Crippen LogP contribution in [0.4, 0.5) is 5.69 Å². The van der Waals surface area contributed by atoms with Gasteiger partial charge in [0, 0.05) is 16.6 Å². The Kier molecular flexibility index (Phi) is 6.00. The minimum absolute atomic E-state index is 0.175. The van der Waals surface area contributed by atoms with Crippen molar-refractivity contribution in [2.45, 2.75) is 12.6 Å². The molecule has 0 radical (unpaired) electrons. The number of carbonyl (C=O) groups is 1. The second-order valence-corrected chi connectivity index (χ2v) is 9.69. The van der Waals surface area contributed by atoms with Crippen molar-refractivity contribution >= 4 is 39.3 Å². The number of rotatable bonds is 6. The maximum absolute atomic E-state index is 13.5. The molecule has 6 rings (SSSR count). The number of ether oxygens (including phenoxy) is 4. The van der Waals surface area contributed by atoms with Crippen LogP contribution < -0.4 is 24.0 Å². The maximum Gasteiger partial charge on any atom is 0.231 e. The van der Waals surface area contributed by atoms with Gasteiger partial charge in [-0.05, 0) is 72.2 Å². The number of nitrogens with zero attached hydrogens (tertiary/aromatic N) is 3. The number of carbonyl (C=O) groups excluding carboxylic acids is 1. The number of anilines is 1. The van der Waals surface area contributed by atoms with E-state index < -0.39 is 0 Å². The molecule has 9 heteroatoms. The molecule has 3 aromatic carbocycles. The average Bonchev–Trinajstić information content (AvgIpc) is 3.56. The molecule has 3 heterocycles. The molecule has 8 nitrogen and oxygen atoms in total. The van der Waals surface area contributed by atoms with Crippen molar-refractivity contribution in [2.75, 3.05) is 32.6 Å². The largest absolute Gasteiger partial charge is 0.493 e. The molecular formula is C28H24BrN3O5. The van der Waals surface area contributed by atoms with E-state index in [1.807, 2.05) is 59.6 Å². The van der Waals surface area contributed by atoms with Crippen LogP contribution in [0.2, 0.25) is 0 Å². The number of ketones is 1. The fourth-order valence-electron chi connectivity index (χ4n) is 4.87. The Morgan fingerprint density at radius 3 is 2.57 bits per heavy atom. The minimum Gasteiger partial charge on any atom is -0.493 e. The molecule has 3 aliphatic heterocycles. The summed E-state index contributed by atoms with van der Waals surface area (Å²) in [6, 6.07) is 17.5.